The molecule has 0 aromatic heterocycles. The van der Waals surface area contributed by atoms with Crippen LogP contribution in [0.3, 0.4) is 0 Å². The quantitative estimate of drug-likeness (QED) is 0.828. The molecule has 0 amide bonds. The average Bonchev–Trinajstić information content (AvgIpc) is 2.17. The first-order chi connectivity index (χ1) is 7.09. The second-order valence-electron chi connectivity index (χ2n) is 4.04. The summed E-state index contributed by atoms with van der Waals surface area (Å²) in [5, 5.41) is 3.45. The number of aryl methyl sites for hydroxylation is 1. The van der Waals surface area contributed by atoms with Gasteiger partial charge in [0, 0.05) is 16.7 Å². The molecule has 0 heterocycles. The molecule has 1 aromatic rings. The van der Waals surface area contributed by atoms with Gasteiger partial charge in [0.25, 0.3) is 0 Å². The van der Waals surface area contributed by atoms with Gasteiger partial charge in [0.15, 0.2) is 0 Å². The Kier molecular flexibility index (Phi) is 5.12. The maximum absolute atomic E-state index is 3.48. The molecule has 1 rings (SSSR count). The lowest BCUT2D eigenvalue weighted by Gasteiger charge is -2.12. The molecule has 0 atom stereocenters. The van der Waals surface area contributed by atoms with E-state index in [1.165, 1.54) is 17.7 Å². The van der Waals surface area contributed by atoms with Gasteiger partial charge in [0.05, 0.1) is 0 Å². The summed E-state index contributed by atoms with van der Waals surface area (Å²) in [5.74, 6) is 0. The van der Waals surface area contributed by atoms with E-state index in [0.29, 0.717) is 0 Å². The third-order valence-electron chi connectivity index (χ3n) is 2.30. The Hall–Kier alpha value is -0.540. The summed E-state index contributed by atoms with van der Waals surface area (Å²) in [5.41, 5.74) is 2.52. The fourth-order valence-corrected chi connectivity index (χ4v) is 1.76. The van der Waals surface area contributed by atoms with Gasteiger partial charge in [-0.3, -0.25) is 0 Å². The molecule has 0 aliphatic carbocycles. The molecule has 0 radical (unpaired) electrons. The van der Waals surface area contributed by atoms with Crippen molar-refractivity contribution >= 4 is 21.6 Å². The molecule has 0 unspecified atom stereocenters. The van der Waals surface area contributed by atoms with Crippen molar-refractivity contribution in [2.45, 2.75) is 13.3 Å². The first-order valence-corrected chi connectivity index (χ1v) is 6.03. The van der Waals surface area contributed by atoms with Crippen LogP contribution in [0.15, 0.2) is 22.7 Å². The number of benzene rings is 1. The van der Waals surface area contributed by atoms with Crippen LogP contribution in [0.5, 0.6) is 0 Å². The van der Waals surface area contributed by atoms with Gasteiger partial charge in [-0.05, 0) is 51.7 Å². The lowest BCUT2D eigenvalue weighted by Crippen LogP contribution is -2.16. The van der Waals surface area contributed by atoms with Crippen LogP contribution < -0.4 is 5.32 Å². The van der Waals surface area contributed by atoms with Crippen molar-refractivity contribution in [2.24, 2.45) is 0 Å². The SMILES string of the molecule is Cc1ccc(Br)cc1NCCCN(C)C. The van der Waals surface area contributed by atoms with Gasteiger partial charge in [-0.1, -0.05) is 22.0 Å². The minimum Gasteiger partial charge on any atom is -0.385 e. The molecule has 0 aliphatic heterocycles. The van der Waals surface area contributed by atoms with E-state index in [-0.39, 0.29) is 0 Å². The Bertz CT molecular complexity index is 310. The highest BCUT2D eigenvalue weighted by Gasteiger charge is 1.98. The van der Waals surface area contributed by atoms with E-state index < -0.39 is 0 Å². The van der Waals surface area contributed by atoms with E-state index in [1.807, 2.05) is 0 Å². The first kappa shape index (κ1) is 12.5. The molecule has 0 spiro atoms. The number of hydrogen-bond donors (Lipinski definition) is 1. The van der Waals surface area contributed by atoms with Gasteiger partial charge in [-0.2, -0.15) is 0 Å². The third kappa shape index (κ3) is 4.67. The second kappa shape index (κ2) is 6.13. The average molecular weight is 271 g/mol. The van der Waals surface area contributed by atoms with Crippen LogP contribution in [0.25, 0.3) is 0 Å². The Morgan fingerprint density at radius 2 is 2.07 bits per heavy atom. The molecule has 0 saturated carbocycles. The van der Waals surface area contributed by atoms with E-state index in [0.717, 1.165) is 17.6 Å². The zero-order valence-electron chi connectivity index (χ0n) is 9.68. The highest BCUT2D eigenvalue weighted by molar-refractivity contribution is 9.10. The summed E-state index contributed by atoms with van der Waals surface area (Å²) in [7, 11) is 4.20. The monoisotopic (exact) mass is 270 g/mol. The summed E-state index contributed by atoms with van der Waals surface area (Å²) >= 11 is 3.48. The van der Waals surface area contributed by atoms with Crippen molar-refractivity contribution in [1.82, 2.24) is 4.90 Å². The van der Waals surface area contributed by atoms with E-state index in [2.05, 4.69) is 65.4 Å². The Balaban J connectivity index is 2.40. The van der Waals surface area contributed by atoms with E-state index in [9.17, 15) is 0 Å². The molecular formula is C12H19BrN2. The number of anilines is 1. The lowest BCUT2D eigenvalue weighted by molar-refractivity contribution is 0.405. The van der Waals surface area contributed by atoms with E-state index in [4.69, 9.17) is 0 Å². The first-order valence-electron chi connectivity index (χ1n) is 5.24. The smallest absolute Gasteiger partial charge is 0.0381 e. The number of halogens is 1. The Morgan fingerprint density at radius 1 is 1.33 bits per heavy atom. The van der Waals surface area contributed by atoms with Crippen molar-refractivity contribution in [2.75, 3.05) is 32.5 Å². The summed E-state index contributed by atoms with van der Waals surface area (Å²) in [6, 6.07) is 6.32. The minimum absolute atomic E-state index is 1.02. The molecule has 0 saturated heterocycles. The number of nitrogens with zero attached hydrogens (tertiary/aromatic N) is 1. The normalized spacial score (nSPS) is 10.7. The van der Waals surface area contributed by atoms with Crippen LogP contribution in [0.4, 0.5) is 5.69 Å². The van der Waals surface area contributed by atoms with Gasteiger partial charge in [-0.25, -0.2) is 0 Å². The van der Waals surface area contributed by atoms with Crippen LogP contribution in [0, 0.1) is 6.92 Å². The summed E-state index contributed by atoms with van der Waals surface area (Å²) in [6.45, 7) is 4.27. The lowest BCUT2D eigenvalue weighted by atomic mass is 10.2. The van der Waals surface area contributed by atoms with E-state index in [1.54, 1.807) is 0 Å². The molecule has 1 aromatic carbocycles. The molecule has 84 valence electrons. The van der Waals surface area contributed by atoms with Crippen LogP contribution >= 0.6 is 15.9 Å². The molecular weight excluding hydrogens is 252 g/mol. The standard InChI is InChI=1S/C12H19BrN2/c1-10-5-6-11(13)9-12(10)14-7-4-8-15(2)3/h5-6,9,14H,4,7-8H2,1-3H3. The molecule has 2 nitrogen and oxygen atoms in total. The van der Waals surface area contributed by atoms with Crippen molar-refractivity contribution in [3.63, 3.8) is 0 Å². The highest BCUT2D eigenvalue weighted by Crippen LogP contribution is 2.20. The summed E-state index contributed by atoms with van der Waals surface area (Å²) in [6.07, 6.45) is 1.17. The van der Waals surface area contributed by atoms with Crippen molar-refractivity contribution in [3.05, 3.63) is 28.2 Å². The highest BCUT2D eigenvalue weighted by atomic mass is 79.9. The van der Waals surface area contributed by atoms with Crippen LogP contribution in [-0.2, 0) is 0 Å². The van der Waals surface area contributed by atoms with E-state index >= 15 is 0 Å². The predicted molar refractivity (Wildman–Crippen MR) is 70.5 cm³/mol. The summed E-state index contributed by atoms with van der Waals surface area (Å²) < 4.78 is 1.13. The van der Waals surface area contributed by atoms with Gasteiger partial charge in [0.2, 0.25) is 0 Å². The number of rotatable bonds is 5. The minimum atomic E-state index is 1.02. The maximum atomic E-state index is 3.48. The third-order valence-corrected chi connectivity index (χ3v) is 2.79. The fraction of sp³-hybridized carbons (Fsp3) is 0.500. The number of hydrogen-bond acceptors (Lipinski definition) is 2. The van der Waals surface area contributed by atoms with Gasteiger partial charge < -0.3 is 10.2 Å². The van der Waals surface area contributed by atoms with Crippen molar-refractivity contribution in [1.29, 1.82) is 0 Å². The number of nitrogens with one attached hydrogen (secondary N) is 1. The Labute approximate surface area is 101 Å². The largest absolute Gasteiger partial charge is 0.385 e. The van der Waals surface area contributed by atoms with Crippen LogP contribution in [-0.4, -0.2) is 32.1 Å². The van der Waals surface area contributed by atoms with Gasteiger partial charge in [-0.15, -0.1) is 0 Å². The fourth-order valence-electron chi connectivity index (χ4n) is 1.40. The molecule has 1 N–H and O–H groups in total. The zero-order valence-corrected chi connectivity index (χ0v) is 11.3. The molecule has 0 fully saturated rings. The van der Waals surface area contributed by atoms with Crippen molar-refractivity contribution < 1.29 is 0 Å². The van der Waals surface area contributed by atoms with Gasteiger partial charge >= 0.3 is 0 Å². The molecule has 15 heavy (non-hydrogen) atoms. The Morgan fingerprint density at radius 3 is 2.73 bits per heavy atom. The zero-order chi connectivity index (χ0) is 11.3. The molecule has 0 aliphatic rings. The topological polar surface area (TPSA) is 15.3 Å². The predicted octanol–water partition coefficient (Wildman–Crippen LogP) is 3.12. The second-order valence-corrected chi connectivity index (χ2v) is 4.96. The summed E-state index contributed by atoms with van der Waals surface area (Å²) in [4.78, 5) is 2.20. The van der Waals surface area contributed by atoms with Crippen LogP contribution in [0.1, 0.15) is 12.0 Å². The molecule has 3 heteroatoms. The van der Waals surface area contributed by atoms with Crippen molar-refractivity contribution in [3.8, 4) is 0 Å². The maximum Gasteiger partial charge on any atom is 0.0381 e. The molecule has 0 bridgehead atoms. The van der Waals surface area contributed by atoms with Crippen LogP contribution in [0.2, 0.25) is 0 Å². The van der Waals surface area contributed by atoms with Gasteiger partial charge in [0.1, 0.15) is 0 Å².